The molecule has 2 aromatic heterocycles. The second kappa shape index (κ2) is 4.78. The number of carbonyl (C=O) groups excluding carboxylic acids is 1. The molecule has 0 N–H and O–H groups in total. The number of aromatic nitrogens is 2. The summed E-state index contributed by atoms with van der Waals surface area (Å²) in [4.78, 5) is 20.5. The molecule has 3 nitrogen and oxygen atoms in total. The maximum atomic E-state index is 12.3. The van der Waals surface area contributed by atoms with Crippen LogP contribution < -0.4 is 0 Å². The molecule has 0 aliphatic rings. The fourth-order valence-electron chi connectivity index (χ4n) is 1.87. The second-order valence-electron chi connectivity index (χ2n) is 4.10. The van der Waals surface area contributed by atoms with Crippen molar-refractivity contribution in [2.75, 3.05) is 0 Å². The lowest BCUT2D eigenvalue weighted by molar-refractivity contribution is 0.103. The molecule has 0 fully saturated rings. The Hall–Kier alpha value is -2.26. The molecule has 2 heterocycles. The van der Waals surface area contributed by atoms with E-state index >= 15 is 0 Å². The Bertz CT molecular complexity index is 753. The summed E-state index contributed by atoms with van der Waals surface area (Å²) in [6.45, 7) is 0. The van der Waals surface area contributed by atoms with Gasteiger partial charge in [0.1, 0.15) is 5.69 Å². The van der Waals surface area contributed by atoms with Gasteiger partial charge in [-0.3, -0.25) is 14.8 Å². The molecule has 3 aromatic rings. The van der Waals surface area contributed by atoms with Crippen LogP contribution in [-0.2, 0) is 0 Å². The summed E-state index contributed by atoms with van der Waals surface area (Å²) in [5.41, 5.74) is 1.74. The van der Waals surface area contributed by atoms with Crippen LogP contribution in [0.2, 0.25) is 5.02 Å². The van der Waals surface area contributed by atoms with Gasteiger partial charge in [-0.05, 0) is 24.3 Å². The number of fused-ring (bicyclic) bond motifs is 1. The van der Waals surface area contributed by atoms with Crippen LogP contribution in [-0.4, -0.2) is 15.8 Å². The molecule has 1 aromatic carbocycles. The normalized spacial score (nSPS) is 10.6. The molecule has 4 heteroatoms. The van der Waals surface area contributed by atoms with Gasteiger partial charge in [-0.15, -0.1) is 0 Å². The lowest BCUT2D eigenvalue weighted by atomic mass is 10.1. The smallest absolute Gasteiger partial charge is 0.211 e. The number of carbonyl (C=O) groups is 1. The molecule has 0 radical (unpaired) electrons. The van der Waals surface area contributed by atoms with E-state index < -0.39 is 0 Å². The van der Waals surface area contributed by atoms with Gasteiger partial charge in [-0.25, -0.2) is 0 Å². The van der Waals surface area contributed by atoms with E-state index in [2.05, 4.69) is 9.97 Å². The molecule has 19 heavy (non-hydrogen) atoms. The summed E-state index contributed by atoms with van der Waals surface area (Å²) in [6, 6.07) is 12.5. The van der Waals surface area contributed by atoms with E-state index in [9.17, 15) is 4.79 Å². The topological polar surface area (TPSA) is 42.9 Å². The fourth-order valence-corrected chi connectivity index (χ4v) is 1.98. The van der Waals surface area contributed by atoms with Crippen LogP contribution in [0.1, 0.15) is 16.1 Å². The molecule has 0 unspecified atom stereocenters. The van der Waals surface area contributed by atoms with Gasteiger partial charge >= 0.3 is 0 Å². The lowest BCUT2D eigenvalue weighted by Crippen LogP contribution is -2.03. The first-order chi connectivity index (χ1) is 9.24. The molecule has 0 amide bonds. The van der Waals surface area contributed by atoms with E-state index in [1.54, 1.807) is 30.5 Å². The number of benzene rings is 1. The number of nitrogens with zero attached hydrogens (tertiary/aromatic N) is 2. The minimum absolute atomic E-state index is 0.135. The van der Waals surface area contributed by atoms with E-state index in [-0.39, 0.29) is 5.78 Å². The minimum atomic E-state index is -0.135. The molecular formula is C15H9ClN2O. The van der Waals surface area contributed by atoms with E-state index in [1.807, 2.05) is 18.2 Å². The Morgan fingerprint density at radius 3 is 2.74 bits per heavy atom. The first-order valence-corrected chi connectivity index (χ1v) is 6.13. The van der Waals surface area contributed by atoms with Gasteiger partial charge in [0.25, 0.3) is 0 Å². The molecule has 0 saturated carbocycles. The first-order valence-electron chi connectivity index (χ1n) is 5.75. The number of rotatable bonds is 2. The third-order valence-electron chi connectivity index (χ3n) is 2.83. The van der Waals surface area contributed by atoms with Gasteiger partial charge in [0.05, 0.1) is 10.5 Å². The molecule has 0 aliphatic carbocycles. The summed E-state index contributed by atoms with van der Waals surface area (Å²) >= 11 is 5.76. The molecule has 92 valence electrons. The summed E-state index contributed by atoms with van der Waals surface area (Å²) < 4.78 is 0. The Kier molecular flexibility index (Phi) is 2.97. The van der Waals surface area contributed by atoms with Crippen LogP contribution >= 0.6 is 11.6 Å². The number of pyridine rings is 2. The van der Waals surface area contributed by atoms with Gasteiger partial charge in [0.2, 0.25) is 5.78 Å². The molecular weight excluding hydrogens is 260 g/mol. The standard InChI is InChI=1S/C15H9ClN2O/c16-12-5-6-13(18-9-12)15(19)11-4-3-10-2-1-7-17-14(10)8-11/h1-9H. The van der Waals surface area contributed by atoms with E-state index in [0.717, 1.165) is 10.9 Å². The zero-order valence-corrected chi connectivity index (χ0v) is 10.6. The van der Waals surface area contributed by atoms with Crippen LogP contribution in [0.15, 0.2) is 54.9 Å². The van der Waals surface area contributed by atoms with Gasteiger partial charge in [-0.2, -0.15) is 0 Å². The summed E-state index contributed by atoms with van der Waals surface area (Å²) in [6.07, 6.45) is 3.17. The van der Waals surface area contributed by atoms with Gasteiger partial charge in [0.15, 0.2) is 0 Å². The third kappa shape index (κ3) is 2.33. The van der Waals surface area contributed by atoms with Crippen LogP contribution in [0.4, 0.5) is 0 Å². The number of hydrogen-bond donors (Lipinski definition) is 0. The van der Waals surface area contributed by atoms with Crippen molar-refractivity contribution >= 4 is 28.3 Å². The molecule has 3 rings (SSSR count). The molecule has 0 bridgehead atoms. The highest BCUT2D eigenvalue weighted by atomic mass is 35.5. The van der Waals surface area contributed by atoms with Crippen molar-refractivity contribution in [2.45, 2.75) is 0 Å². The largest absolute Gasteiger partial charge is 0.287 e. The minimum Gasteiger partial charge on any atom is -0.287 e. The Morgan fingerprint density at radius 1 is 1.05 bits per heavy atom. The van der Waals surface area contributed by atoms with Crippen molar-refractivity contribution in [1.29, 1.82) is 0 Å². The first kappa shape index (κ1) is 11.8. The van der Waals surface area contributed by atoms with Crippen molar-refractivity contribution in [3.8, 4) is 0 Å². The highest BCUT2D eigenvalue weighted by Gasteiger charge is 2.11. The van der Waals surface area contributed by atoms with Crippen molar-refractivity contribution in [3.63, 3.8) is 0 Å². The molecule has 0 saturated heterocycles. The highest BCUT2D eigenvalue weighted by molar-refractivity contribution is 6.30. The molecule has 0 spiro atoms. The van der Waals surface area contributed by atoms with E-state index in [0.29, 0.717) is 16.3 Å². The van der Waals surface area contributed by atoms with Gasteiger partial charge in [-0.1, -0.05) is 29.8 Å². The average Bonchev–Trinajstić information content (AvgIpc) is 2.47. The SMILES string of the molecule is O=C(c1ccc2cccnc2c1)c1ccc(Cl)cn1. The Morgan fingerprint density at radius 2 is 1.95 bits per heavy atom. The average molecular weight is 269 g/mol. The second-order valence-corrected chi connectivity index (χ2v) is 4.54. The quantitative estimate of drug-likeness (QED) is 0.668. The summed E-state index contributed by atoms with van der Waals surface area (Å²) in [5, 5.41) is 1.51. The van der Waals surface area contributed by atoms with E-state index in [1.165, 1.54) is 6.20 Å². The van der Waals surface area contributed by atoms with Gasteiger partial charge in [0, 0.05) is 23.3 Å². The van der Waals surface area contributed by atoms with Crippen LogP contribution in [0.25, 0.3) is 10.9 Å². The third-order valence-corrected chi connectivity index (χ3v) is 3.05. The predicted molar refractivity (Wildman–Crippen MR) is 74.4 cm³/mol. The van der Waals surface area contributed by atoms with Crippen molar-refractivity contribution in [3.05, 3.63) is 71.1 Å². The van der Waals surface area contributed by atoms with Crippen LogP contribution in [0, 0.1) is 0 Å². The Labute approximate surface area is 114 Å². The lowest BCUT2D eigenvalue weighted by Gasteiger charge is -2.02. The zero-order chi connectivity index (χ0) is 13.2. The predicted octanol–water partition coefficient (Wildman–Crippen LogP) is 3.51. The number of hydrogen-bond acceptors (Lipinski definition) is 3. The number of ketones is 1. The summed E-state index contributed by atoms with van der Waals surface area (Å²) in [5.74, 6) is -0.135. The van der Waals surface area contributed by atoms with Crippen molar-refractivity contribution in [1.82, 2.24) is 9.97 Å². The van der Waals surface area contributed by atoms with E-state index in [4.69, 9.17) is 11.6 Å². The maximum Gasteiger partial charge on any atom is 0.211 e. The van der Waals surface area contributed by atoms with Crippen LogP contribution in [0.5, 0.6) is 0 Å². The molecule has 0 aliphatic heterocycles. The highest BCUT2D eigenvalue weighted by Crippen LogP contribution is 2.16. The molecule has 0 atom stereocenters. The Balaban J connectivity index is 2.04. The maximum absolute atomic E-state index is 12.3. The monoisotopic (exact) mass is 268 g/mol. The van der Waals surface area contributed by atoms with Crippen molar-refractivity contribution in [2.24, 2.45) is 0 Å². The van der Waals surface area contributed by atoms with Crippen LogP contribution in [0.3, 0.4) is 0 Å². The fraction of sp³-hybridized carbons (Fsp3) is 0. The van der Waals surface area contributed by atoms with Gasteiger partial charge < -0.3 is 0 Å². The van der Waals surface area contributed by atoms with Crippen molar-refractivity contribution < 1.29 is 4.79 Å². The summed E-state index contributed by atoms with van der Waals surface area (Å²) in [7, 11) is 0. The zero-order valence-electron chi connectivity index (χ0n) is 9.88. The number of halogens is 1.